The predicted octanol–water partition coefficient (Wildman–Crippen LogP) is 2.11. The minimum atomic E-state index is -0.814. The quantitative estimate of drug-likeness (QED) is 0.557. The third-order valence-corrected chi connectivity index (χ3v) is 6.54. The SMILES string of the molecule is COC(=O)[C@@H]1Cc2ccc(cc2)Oc2cccc(c2)CC2(CCNCC2)C(=O)NCCC(=O)N1. The number of methoxy groups -OCH3 is 1. The summed E-state index contributed by atoms with van der Waals surface area (Å²) in [5.41, 5.74) is 1.34. The maximum absolute atomic E-state index is 13.3. The molecule has 3 N–H and O–H groups in total. The number of hydrogen-bond acceptors (Lipinski definition) is 6. The Morgan fingerprint density at radius 2 is 1.76 bits per heavy atom. The van der Waals surface area contributed by atoms with Gasteiger partial charge in [0.2, 0.25) is 11.8 Å². The van der Waals surface area contributed by atoms with Crippen LogP contribution in [0.3, 0.4) is 0 Å². The molecule has 1 atom stereocenters. The normalized spacial score (nSPS) is 20.9. The Morgan fingerprint density at radius 3 is 2.50 bits per heavy atom. The van der Waals surface area contributed by atoms with Gasteiger partial charge in [-0.2, -0.15) is 0 Å². The van der Waals surface area contributed by atoms with E-state index in [1.165, 1.54) is 7.11 Å². The Hall–Kier alpha value is -3.39. The van der Waals surface area contributed by atoms with Crippen molar-refractivity contribution in [2.45, 2.75) is 38.1 Å². The molecule has 3 heterocycles. The Balaban J connectivity index is 1.64. The number of carbonyl (C=O) groups is 3. The molecular formula is C26H31N3O5. The lowest BCUT2D eigenvalue weighted by atomic mass is 9.73. The summed E-state index contributed by atoms with van der Waals surface area (Å²) in [5, 5.41) is 9.04. The maximum Gasteiger partial charge on any atom is 0.328 e. The van der Waals surface area contributed by atoms with Crippen LogP contribution in [0.1, 0.15) is 30.4 Å². The molecule has 34 heavy (non-hydrogen) atoms. The molecule has 3 aliphatic rings. The van der Waals surface area contributed by atoms with Gasteiger partial charge in [-0.1, -0.05) is 24.3 Å². The molecule has 0 aliphatic carbocycles. The van der Waals surface area contributed by atoms with E-state index in [0.717, 1.165) is 24.2 Å². The average Bonchev–Trinajstić information content (AvgIpc) is 2.84. The van der Waals surface area contributed by atoms with Crippen LogP contribution in [0.25, 0.3) is 0 Å². The highest BCUT2D eigenvalue weighted by Crippen LogP contribution is 2.35. The van der Waals surface area contributed by atoms with Gasteiger partial charge in [0.15, 0.2) is 0 Å². The lowest BCUT2D eigenvalue weighted by Gasteiger charge is -2.36. The minimum Gasteiger partial charge on any atom is -0.467 e. The lowest BCUT2D eigenvalue weighted by molar-refractivity contribution is -0.145. The third kappa shape index (κ3) is 5.75. The minimum absolute atomic E-state index is 0.0476. The van der Waals surface area contributed by atoms with E-state index in [-0.39, 0.29) is 31.2 Å². The standard InChI is InChI=1S/C26H31N3O5/c1-33-24(31)22-16-18-5-7-20(8-6-18)34-21-4-2-3-19(15-21)17-26(10-13-27-14-11-26)25(32)28-12-9-23(30)29-22/h2-8,15,22,27H,9-14,16-17H2,1H3,(H,28,32)(H,29,30)/t22-/m0/s1. The van der Waals surface area contributed by atoms with Crippen LogP contribution in [0.2, 0.25) is 0 Å². The number of ether oxygens (including phenoxy) is 2. The van der Waals surface area contributed by atoms with E-state index >= 15 is 0 Å². The largest absolute Gasteiger partial charge is 0.467 e. The van der Waals surface area contributed by atoms with Crippen molar-refractivity contribution in [1.82, 2.24) is 16.0 Å². The highest BCUT2D eigenvalue weighted by Gasteiger charge is 2.39. The highest BCUT2D eigenvalue weighted by molar-refractivity contribution is 5.86. The van der Waals surface area contributed by atoms with Crippen LogP contribution in [0.15, 0.2) is 48.5 Å². The molecule has 0 unspecified atom stereocenters. The van der Waals surface area contributed by atoms with Gasteiger partial charge in [0.1, 0.15) is 17.5 Å². The second-order valence-electron chi connectivity index (χ2n) is 8.95. The smallest absolute Gasteiger partial charge is 0.328 e. The molecule has 2 aromatic carbocycles. The molecule has 1 saturated heterocycles. The second-order valence-corrected chi connectivity index (χ2v) is 8.95. The molecule has 180 valence electrons. The van der Waals surface area contributed by atoms with Gasteiger partial charge in [0, 0.05) is 19.4 Å². The molecule has 0 radical (unpaired) electrons. The highest BCUT2D eigenvalue weighted by atomic mass is 16.5. The predicted molar refractivity (Wildman–Crippen MR) is 126 cm³/mol. The van der Waals surface area contributed by atoms with Crippen LogP contribution in [-0.4, -0.2) is 50.6 Å². The maximum atomic E-state index is 13.3. The first kappa shape index (κ1) is 23.8. The van der Waals surface area contributed by atoms with Crippen molar-refractivity contribution in [3.63, 3.8) is 0 Å². The number of amides is 2. The van der Waals surface area contributed by atoms with E-state index < -0.39 is 17.4 Å². The lowest BCUT2D eigenvalue weighted by Crippen LogP contribution is -2.50. The summed E-state index contributed by atoms with van der Waals surface area (Å²) in [6, 6.07) is 14.4. The van der Waals surface area contributed by atoms with Gasteiger partial charge in [-0.3, -0.25) is 9.59 Å². The first-order valence-electron chi connectivity index (χ1n) is 11.7. The van der Waals surface area contributed by atoms with Gasteiger partial charge in [0.25, 0.3) is 0 Å². The van der Waals surface area contributed by atoms with Crippen LogP contribution >= 0.6 is 0 Å². The fraction of sp³-hybridized carbons (Fsp3) is 0.423. The van der Waals surface area contributed by atoms with E-state index in [1.54, 1.807) is 0 Å². The van der Waals surface area contributed by atoms with Crippen molar-refractivity contribution in [3.05, 3.63) is 59.7 Å². The molecule has 3 aliphatic heterocycles. The molecule has 8 nitrogen and oxygen atoms in total. The molecular weight excluding hydrogens is 434 g/mol. The average molecular weight is 466 g/mol. The Bertz CT molecular complexity index is 1030. The fourth-order valence-corrected chi connectivity index (χ4v) is 4.64. The van der Waals surface area contributed by atoms with E-state index in [0.29, 0.717) is 30.8 Å². The van der Waals surface area contributed by atoms with E-state index in [4.69, 9.17) is 9.47 Å². The molecule has 0 saturated carbocycles. The summed E-state index contributed by atoms with van der Waals surface area (Å²) in [5.74, 6) is 0.487. The zero-order chi connectivity index (χ0) is 24.0. The summed E-state index contributed by atoms with van der Waals surface area (Å²) >= 11 is 0. The van der Waals surface area contributed by atoms with Crippen molar-refractivity contribution >= 4 is 17.8 Å². The zero-order valence-corrected chi connectivity index (χ0v) is 19.4. The monoisotopic (exact) mass is 465 g/mol. The summed E-state index contributed by atoms with van der Waals surface area (Å²) in [4.78, 5) is 38.1. The van der Waals surface area contributed by atoms with Crippen molar-refractivity contribution in [3.8, 4) is 11.5 Å². The van der Waals surface area contributed by atoms with E-state index in [9.17, 15) is 14.4 Å². The van der Waals surface area contributed by atoms with Crippen LogP contribution in [0.4, 0.5) is 0 Å². The van der Waals surface area contributed by atoms with Crippen LogP contribution < -0.4 is 20.7 Å². The molecule has 5 rings (SSSR count). The van der Waals surface area contributed by atoms with Gasteiger partial charge in [-0.05, 0) is 67.7 Å². The van der Waals surface area contributed by atoms with Gasteiger partial charge in [0.05, 0.1) is 12.5 Å². The number of hydrogen-bond donors (Lipinski definition) is 3. The van der Waals surface area contributed by atoms with Crippen molar-refractivity contribution in [2.75, 3.05) is 26.7 Å². The number of nitrogens with one attached hydrogen (secondary N) is 3. The zero-order valence-electron chi connectivity index (χ0n) is 19.4. The van der Waals surface area contributed by atoms with Gasteiger partial charge in [-0.15, -0.1) is 0 Å². The molecule has 1 fully saturated rings. The first-order chi connectivity index (χ1) is 16.5. The molecule has 8 heteroatoms. The van der Waals surface area contributed by atoms with Crippen LogP contribution in [0.5, 0.6) is 11.5 Å². The Labute approximate surface area is 199 Å². The van der Waals surface area contributed by atoms with Gasteiger partial charge >= 0.3 is 5.97 Å². The van der Waals surface area contributed by atoms with E-state index in [2.05, 4.69) is 16.0 Å². The van der Waals surface area contributed by atoms with Gasteiger partial charge < -0.3 is 25.4 Å². The molecule has 0 aromatic heterocycles. The summed E-state index contributed by atoms with van der Waals surface area (Å²) in [7, 11) is 1.30. The molecule has 1 spiro atoms. The second kappa shape index (κ2) is 10.7. The number of esters is 1. The summed E-state index contributed by atoms with van der Waals surface area (Å²) in [6.07, 6.45) is 2.38. The molecule has 2 aromatic rings. The summed E-state index contributed by atoms with van der Waals surface area (Å²) in [6.45, 7) is 1.72. The fourth-order valence-electron chi connectivity index (χ4n) is 4.64. The number of fused-ring (bicyclic) bond motifs is 9. The summed E-state index contributed by atoms with van der Waals surface area (Å²) < 4.78 is 10.9. The first-order valence-corrected chi connectivity index (χ1v) is 11.7. The Morgan fingerprint density at radius 1 is 1.00 bits per heavy atom. The van der Waals surface area contributed by atoms with Crippen molar-refractivity contribution in [1.29, 1.82) is 0 Å². The number of benzene rings is 2. The number of carbonyl (C=O) groups excluding carboxylic acids is 3. The van der Waals surface area contributed by atoms with E-state index in [1.807, 2.05) is 48.5 Å². The molecule has 4 bridgehead atoms. The number of rotatable bonds is 1. The third-order valence-electron chi connectivity index (χ3n) is 6.54. The van der Waals surface area contributed by atoms with Crippen LogP contribution in [-0.2, 0) is 32.0 Å². The number of piperidine rings is 1. The Kier molecular flexibility index (Phi) is 7.47. The topological polar surface area (TPSA) is 106 Å². The molecule has 2 amide bonds. The van der Waals surface area contributed by atoms with Gasteiger partial charge in [-0.25, -0.2) is 4.79 Å². The van der Waals surface area contributed by atoms with Crippen molar-refractivity contribution in [2.24, 2.45) is 5.41 Å². The van der Waals surface area contributed by atoms with Crippen molar-refractivity contribution < 1.29 is 23.9 Å². The van der Waals surface area contributed by atoms with Crippen LogP contribution in [0, 0.1) is 5.41 Å².